The number of ketones is 1. The van der Waals surface area contributed by atoms with E-state index in [0.29, 0.717) is 10.6 Å². The van der Waals surface area contributed by atoms with Crippen molar-refractivity contribution in [3.8, 4) is 0 Å². The predicted octanol–water partition coefficient (Wildman–Crippen LogP) is 2.11. The van der Waals surface area contributed by atoms with Gasteiger partial charge in [0.25, 0.3) is 0 Å². The van der Waals surface area contributed by atoms with Crippen LogP contribution in [-0.4, -0.2) is 35.2 Å². The Morgan fingerprint density at radius 1 is 1.21 bits per heavy atom. The number of hydrogen-bond donors (Lipinski definition) is 1. The Balaban J connectivity index is 2.89. The average molecular weight is 283 g/mol. The minimum absolute atomic E-state index is 0.0494. The molecule has 5 heteroatoms. The SMILES string of the molecule is CC(C)N(CC(N)=O)C(C)C(=O)c1ccc(Cl)cc1. The van der Waals surface area contributed by atoms with Gasteiger partial charge >= 0.3 is 0 Å². The summed E-state index contributed by atoms with van der Waals surface area (Å²) in [6.45, 7) is 5.70. The van der Waals surface area contributed by atoms with Crippen molar-refractivity contribution >= 4 is 23.3 Å². The summed E-state index contributed by atoms with van der Waals surface area (Å²) in [5.41, 5.74) is 5.79. The predicted molar refractivity (Wildman–Crippen MR) is 76.3 cm³/mol. The molecule has 0 bridgehead atoms. The highest BCUT2D eigenvalue weighted by atomic mass is 35.5. The lowest BCUT2D eigenvalue weighted by atomic mass is 10.0. The van der Waals surface area contributed by atoms with Crippen LogP contribution in [0, 0.1) is 0 Å². The molecular weight excluding hydrogens is 264 g/mol. The smallest absolute Gasteiger partial charge is 0.231 e. The fourth-order valence-electron chi connectivity index (χ4n) is 1.95. The van der Waals surface area contributed by atoms with Gasteiger partial charge in [-0.1, -0.05) is 11.6 Å². The lowest BCUT2D eigenvalue weighted by Crippen LogP contribution is -2.47. The van der Waals surface area contributed by atoms with Gasteiger partial charge in [0.1, 0.15) is 0 Å². The summed E-state index contributed by atoms with van der Waals surface area (Å²) in [4.78, 5) is 25.2. The van der Waals surface area contributed by atoms with Gasteiger partial charge in [-0.15, -0.1) is 0 Å². The first-order valence-corrected chi connectivity index (χ1v) is 6.54. The lowest BCUT2D eigenvalue weighted by molar-refractivity contribution is -0.119. The molecule has 0 aliphatic carbocycles. The summed E-state index contributed by atoms with van der Waals surface area (Å²) >= 11 is 5.79. The number of carbonyl (C=O) groups is 2. The van der Waals surface area contributed by atoms with Crippen LogP contribution in [0.4, 0.5) is 0 Å². The number of amides is 1. The van der Waals surface area contributed by atoms with Crippen LogP contribution < -0.4 is 5.73 Å². The third kappa shape index (κ3) is 4.33. The number of rotatable bonds is 6. The summed E-state index contributed by atoms with van der Waals surface area (Å²) in [7, 11) is 0. The quantitative estimate of drug-likeness (QED) is 0.813. The van der Waals surface area contributed by atoms with E-state index in [9.17, 15) is 9.59 Å². The van der Waals surface area contributed by atoms with E-state index in [1.807, 2.05) is 13.8 Å². The molecule has 0 saturated heterocycles. The van der Waals surface area contributed by atoms with Crippen LogP contribution in [0.5, 0.6) is 0 Å². The van der Waals surface area contributed by atoms with Gasteiger partial charge in [-0.3, -0.25) is 14.5 Å². The number of nitrogens with two attached hydrogens (primary N) is 1. The maximum absolute atomic E-state index is 12.3. The first-order valence-electron chi connectivity index (χ1n) is 6.16. The van der Waals surface area contributed by atoms with E-state index >= 15 is 0 Å². The van der Waals surface area contributed by atoms with Crippen molar-refractivity contribution in [2.24, 2.45) is 5.73 Å². The Bertz CT molecular complexity index is 457. The Morgan fingerprint density at radius 2 is 1.74 bits per heavy atom. The molecule has 0 aromatic heterocycles. The maximum Gasteiger partial charge on any atom is 0.231 e. The van der Waals surface area contributed by atoms with Crippen molar-refractivity contribution in [1.29, 1.82) is 0 Å². The van der Waals surface area contributed by atoms with E-state index in [2.05, 4.69) is 0 Å². The summed E-state index contributed by atoms with van der Waals surface area (Å²) in [5, 5.41) is 0.585. The molecule has 0 aliphatic rings. The number of nitrogens with zero attached hydrogens (tertiary/aromatic N) is 1. The zero-order valence-corrected chi connectivity index (χ0v) is 12.1. The molecule has 1 aromatic rings. The van der Waals surface area contributed by atoms with Crippen molar-refractivity contribution in [3.05, 3.63) is 34.9 Å². The van der Waals surface area contributed by atoms with Crippen LogP contribution in [0.15, 0.2) is 24.3 Å². The zero-order chi connectivity index (χ0) is 14.6. The van der Waals surface area contributed by atoms with E-state index in [1.54, 1.807) is 36.1 Å². The molecule has 1 unspecified atom stereocenters. The fourth-order valence-corrected chi connectivity index (χ4v) is 2.08. The van der Waals surface area contributed by atoms with Crippen LogP contribution in [0.2, 0.25) is 5.02 Å². The molecule has 0 spiro atoms. The number of halogens is 1. The largest absolute Gasteiger partial charge is 0.369 e. The standard InChI is InChI=1S/C14H19ClN2O2/c1-9(2)17(8-13(16)18)10(3)14(19)11-4-6-12(15)7-5-11/h4-7,9-10H,8H2,1-3H3,(H2,16,18). The summed E-state index contributed by atoms with van der Waals surface area (Å²) in [6, 6.07) is 6.37. The zero-order valence-electron chi connectivity index (χ0n) is 11.4. The Hall–Kier alpha value is -1.39. The molecule has 19 heavy (non-hydrogen) atoms. The molecule has 0 heterocycles. The van der Waals surface area contributed by atoms with E-state index in [0.717, 1.165) is 0 Å². The maximum atomic E-state index is 12.3. The Morgan fingerprint density at radius 3 is 2.16 bits per heavy atom. The number of benzene rings is 1. The topological polar surface area (TPSA) is 63.4 Å². The molecule has 104 valence electrons. The van der Waals surface area contributed by atoms with Gasteiger partial charge < -0.3 is 5.73 Å². The molecule has 1 amide bonds. The molecule has 0 aliphatic heterocycles. The molecule has 1 atom stereocenters. The average Bonchev–Trinajstić information content (AvgIpc) is 2.34. The molecule has 1 aromatic carbocycles. The summed E-state index contributed by atoms with van der Waals surface area (Å²) in [5.74, 6) is -0.490. The van der Waals surface area contributed by atoms with Crippen LogP contribution in [-0.2, 0) is 4.79 Å². The molecule has 4 nitrogen and oxygen atoms in total. The molecule has 0 fully saturated rings. The van der Waals surface area contributed by atoms with Crippen molar-refractivity contribution < 1.29 is 9.59 Å². The van der Waals surface area contributed by atoms with Crippen molar-refractivity contribution in [1.82, 2.24) is 4.90 Å². The molecule has 1 rings (SSSR count). The highest BCUT2D eigenvalue weighted by Crippen LogP contribution is 2.15. The van der Waals surface area contributed by atoms with Crippen molar-refractivity contribution in [3.63, 3.8) is 0 Å². The normalized spacial score (nSPS) is 12.7. The van der Waals surface area contributed by atoms with Gasteiger partial charge in [-0.2, -0.15) is 0 Å². The van der Waals surface area contributed by atoms with Gasteiger partial charge in [0.15, 0.2) is 5.78 Å². The Kier molecular flexibility index (Phi) is 5.51. The second-order valence-electron chi connectivity index (χ2n) is 4.78. The number of primary amides is 1. The van der Waals surface area contributed by atoms with Crippen LogP contribution in [0.3, 0.4) is 0 Å². The lowest BCUT2D eigenvalue weighted by Gasteiger charge is -2.30. The number of Topliss-reactive ketones (excluding diaryl/α,β-unsaturated/α-hetero) is 1. The van der Waals surface area contributed by atoms with Gasteiger partial charge in [-0.05, 0) is 45.0 Å². The first kappa shape index (κ1) is 15.7. The minimum Gasteiger partial charge on any atom is -0.369 e. The van der Waals surface area contributed by atoms with Crippen molar-refractivity contribution in [2.45, 2.75) is 32.9 Å². The van der Waals surface area contributed by atoms with E-state index < -0.39 is 11.9 Å². The van der Waals surface area contributed by atoms with Crippen molar-refractivity contribution in [2.75, 3.05) is 6.54 Å². The molecule has 0 saturated carbocycles. The number of hydrogen-bond acceptors (Lipinski definition) is 3. The second-order valence-corrected chi connectivity index (χ2v) is 5.22. The summed E-state index contributed by atoms with van der Waals surface area (Å²) < 4.78 is 0. The minimum atomic E-state index is -0.440. The number of carbonyl (C=O) groups excluding carboxylic acids is 2. The molecular formula is C14H19ClN2O2. The third-order valence-electron chi connectivity index (χ3n) is 3.01. The summed E-state index contributed by atoms with van der Waals surface area (Å²) in [6.07, 6.45) is 0. The third-order valence-corrected chi connectivity index (χ3v) is 3.26. The van der Waals surface area contributed by atoms with E-state index in [1.165, 1.54) is 0 Å². The first-order chi connectivity index (χ1) is 8.82. The van der Waals surface area contributed by atoms with Gasteiger partial charge in [-0.25, -0.2) is 0 Å². The highest BCUT2D eigenvalue weighted by molar-refractivity contribution is 6.30. The van der Waals surface area contributed by atoms with E-state index in [4.69, 9.17) is 17.3 Å². The van der Waals surface area contributed by atoms with Gasteiger partial charge in [0, 0.05) is 16.6 Å². The van der Waals surface area contributed by atoms with E-state index in [-0.39, 0.29) is 18.4 Å². The van der Waals surface area contributed by atoms with Crippen LogP contribution in [0.25, 0.3) is 0 Å². The fraction of sp³-hybridized carbons (Fsp3) is 0.429. The molecule has 2 N–H and O–H groups in total. The van der Waals surface area contributed by atoms with Gasteiger partial charge in [0.05, 0.1) is 12.6 Å². The van der Waals surface area contributed by atoms with Crippen LogP contribution >= 0.6 is 11.6 Å². The monoisotopic (exact) mass is 282 g/mol. The van der Waals surface area contributed by atoms with Crippen LogP contribution in [0.1, 0.15) is 31.1 Å². The molecule has 0 radical (unpaired) electrons. The second kappa shape index (κ2) is 6.68. The highest BCUT2D eigenvalue weighted by Gasteiger charge is 2.25. The van der Waals surface area contributed by atoms with Gasteiger partial charge in [0.2, 0.25) is 5.91 Å². The Labute approximate surface area is 118 Å².